The monoisotopic (exact) mass is 404 g/mol. The third kappa shape index (κ3) is 7.79. The smallest absolute Gasteiger partial charge is 0.407 e. The first-order valence-corrected chi connectivity index (χ1v) is 10.4. The highest BCUT2D eigenvalue weighted by Gasteiger charge is 2.24. The van der Waals surface area contributed by atoms with E-state index in [2.05, 4.69) is 21.6 Å². The molecule has 152 valence electrons. The first-order chi connectivity index (χ1) is 13.3. The molecule has 1 aliphatic rings. The summed E-state index contributed by atoms with van der Waals surface area (Å²) in [5.41, 5.74) is 0.222. The quantitative estimate of drug-likeness (QED) is 0.707. The summed E-state index contributed by atoms with van der Waals surface area (Å²) in [5.74, 6) is 0.258. The zero-order valence-corrected chi connectivity index (χ0v) is 17.5. The number of anilines is 1. The Balaban J connectivity index is 1.77. The predicted molar refractivity (Wildman–Crippen MR) is 110 cm³/mol. The van der Waals surface area contributed by atoms with Gasteiger partial charge in [0.15, 0.2) is 0 Å². The van der Waals surface area contributed by atoms with Crippen molar-refractivity contribution in [2.45, 2.75) is 50.2 Å². The Hall–Kier alpha value is -2.24. The van der Waals surface area contributed by atoms with E-state index in [1.165, 1.54) is 11.8 Å². The van der Waals surface area contributed by atoms with Gasteiger partial charge in [0, 0.05) is 24.0 Å². The second kappa shape index (κ2) is 10.3. The van der Waals surface area contributed by atoms with E-state index in [1.807, 2.05) is 45.0 Å². The highest BCUT2D eigenvalue weighted by atomic mass is 32.2. The van der Waals surface area contributed by atoms with E-state index in [4.69, 9.17) is 10.00 Å². The number of hydrogen-bond acceptors (Lipinski definition) is 6. The third-order valence-electron chi connectivity index (χ3n) is 4.13. The summed E-state index contributed by atoms with van der Waals surface area (Å²) in [6.45, 7) is 7.29. The number of benzene rings is 1. The van der Waals surface area contributed by atoms with Gasteiger partial charge in [-0.25, -0.2) is 4.79 Å². The van der Waals surface area contributed by atoms with Crippen molar-refractivity contribution in [3.05, 3.63) is 24.3 Å². The molecule has 28 heavy (non-hydrogen) atoms. The molecule has 0 radical (unpaired) electrons. The van der Waals surface area contributed by atoms with E-state index < -0.39 is 11.7 Å². The molecule has 2 N–H and O–H groups in total. The Morgan fingerprint density at radius 2 is 1.96 bits per heavy atom. The van der Waals surface area contributed by atoms with Crippen LogP contribution in [0.3, 0.4) is 0 Å². The van der Waals surface area contributed by atoms with Crippen LogP contribution in [0.5, 0.6) is 0 Å². The lowest BCUT2D eigenvalue weighted by atomic mass is 10.1. The Labute approximate surface area is 170 Å². The standard InChI is InChI=1S/C20H28N4O3S/c1-20(2,3)27-19(26)22-15-8-11-24(12-9-15)14-18(25)23-16-6-4-5-7-17(16)28-13-10-21/h4-7,15H,8-9,11-14H2,1-3H3,(H,22,26)(H,23,25). The van der Waals surface area contributed by atoms with Gasteiger partial charge in [0.2, 0.25) is 5.91 Å². The van der Waals surface area contributed by atoms with Crippen LogP contribution in [-0.2, 0) is 9.53 Å². The minimum Gasteiger partial charge on any atom is -0.444 e. The van der Waals surface area contributed by atoms with Crippen LogP contribution < -0.4 is 10.6 Å². The van der Waals surface area contributed by atoms with E-state index in [1.54, 1.807) is 0 Å². The summed E-state index contributed by atoms with van der Waals surface area (Å²) in [4.78, 5) is 27.2. The van der Waals surface area contributed by atoms with Crippen molar-refractivity contribution in [2.24, 2.45) is 0 Å². The number of para-hydroxylation sites is 1. The molecule has 2 rings (SSSR count). The number of rotatable bonds is 6. The lowest BCUT2D eigenvalue weighted by Crippen LogP contribution is -2.47. The molecule has 8 heteroatoms. The van der Waals surface area contributed by atoms with Gasteiger partial charge in [0.05, 0.1) is 24.1 Å². The van der Waals surface area contributed by atoms with Crippen molar-refractivity contribution in [1.29, 1.82) is 5.26 Å². The summed E-state index contributed by atoms with van der Waals surface area (Å²) in [6.07, 6.45) is 1.16. The highest BCUT2D eigenvalue weighted by molar-refractivity contribution is 7.99. The molecular weight excluding hydrogens is 376 g/mol. The average molecular weight is 405 g/mol. The number of nitrogens with one attached hydrogen (secondary N) is 2. The van der Waals surface area contributed by atoms with Crippen LogP contribution in [0.2, 0.25) is 0 Å². The van der Waals surface area contributed by atoms with Crippen LogP contribution in [-0.4, -0.2) is 53.9 Å². The maximum Gasteiger partial charge on any atom is 0.407 e. The normalized spacial score (nSPS) is 15.5. The van der Waals surface area contributed by atoms with Crippen molar-refractivity contribution >= 4 is 29.4 Å². The molecule has 0 aromatic heterocycles. The summed E-state index contributed by atoms with van der Waals surface area (Å²) in [5, 5.41) is 14.6. The Bertz CT molecular complexity index is 719. The van der Waals surface area contributed by atoms with Gasteiger partial charge in [-0.1, -0.05) is 12.1 Å². The van der Waals surface area contributed by atoms with Crippen LogP contribution in [0, 0.1) is 11.3 Å². The first-order valence-electron chi connectivity index (χ1n) is 9.37. The second-order valence-electron chi connectivity index (χ2n) is 7.69. The second-order valence-corrected chi connectivity index (χ2v) is 8.70. The van der Waals surface area contributed by atoms with Crippen LogP contribution in [0.4, 0.5) is 10.5 Å². The Kier molecular flexibility index (Phi) is 8.15. The molecular formula is C20H28N4O3S. The van der Waals surface area contributed by atoms with Crippen molar-refractivity contribution in [3.63, 3.8) is 0 Å². The average Bonchev–Trinajstić information content (AvgIpc) is 2.61. The van der Waals surface area contributed by atoms with Crippen molar-refractivity contribution in [1.82, 2.24) is 10.2 Å². The Morgan fingerprint density at radius 1 is 1.29 bits per heavy atom. The van der Waals surface area contributed by atoms with Gasteiger partial charge < -0.3 is 15.4 Å². The highest BCUT2D eigenvalue weighted by Crippen LogP contribution is 2.26. The number of likely N-dealkylation sites (tertiary alicyclic amines) is 1. The molecule has 0 aliphatic carbocycles. The van der Waals surface area contributed by atoms with Crippen molar-refractivity contribution < 1.29 is 14.3 Å². The van der Waals surface area contributed by atoms with Gasteiger partial charge >= 0.3 is 6.09 Å². The van der Waals surface area contributed by atoms with Gasteiger partial charge in [0.25, 0.3) is 0 Å². The largest absolute Gasteiger partial charge is 0.444 e. The molecule has 2 amide bonds. The van der Waals surface area contributed by atoms with E-state index >= 15 is 0 Å². The molecule has 1 saturated heterocycles. The number of thioether (sulfide) groups is 1. The van der Waals surface area contributed by atoms with E-state index in [9.17, 15) is 9.59 Å². The fourth-order valence-corrected chi connectivity index (χ4v) is 3.58. The number of piperidine rings is 1. The van der Waals surface area contributed by atoms with Gasteiger partial charge in [-0.2, -0.15) is 5.26 Å². The maximum absolute atomic E-state index is 12.4. The topological polar surface area (TPSA) is 94.5 Å². The SMILES string of the molecule is CC(C)(C)OC(=O)NC1CCN(CC(=O)Nc2ccccc2SCC#N)CC1. The molecule has 1 fully saturated rings. The van der Waals surface area contributed by atoms with Crippen LogP contribution >= 0.6 is 11.8 Å². The van der Waals surface area contributed by atoms with Crippen molar-refractivity contribution in [2.75, 3.05) is 30.7 Å². The molecule has 1 aromatic carbocycles. The minimum atomic E-state index is -0.509. The van der Waals surface area contributed by atoms with Gasteiger partial charge in [-0.3, -0.25) is 9.69 Å². The molecule has 1 heterocycles. The Morgan fingerprint density at radius 3 is 2.61 bits per heavy atom. The van der Waals surface area contributed by atoms with E-state index in [-0.39, 0.29) is 11.9 Å². The summed E-state index contributed by atoms with van der Waals surface area (Å²) in [6, 6.07) is 9.65. The number of hydrogen-bond donors (Lipinski definition) is 2. The third-order valence-corrected chi connectivity index (χ3v) is 5.07. The number of carbonyl (C=O) groups excluding carboxylic acids is 2. The fraction of sp³-hybridized carbons (Fsp3) is 0.550. The molecule has 1 aliphatic heterocycles. The summed E-state index contributed by atoms with van der Waals surface area (Å²) < 4.78 is 5.29. The van der Waals surface area contributed by atoms with Crippen LogP contribution in [0.25, 0.3) is 0 Å². The molecule has 0 spiro atoms. The predicted octanol–water partition coefficient (Wildman–Crippen LogP) is 3.23. The number of nitriles is 1. The van der Waals surface area contributed by atoms with Gasteiger partial charge in [0.1, 0.15) is 5.60 Å². The molecule has 7 nitrogen and oxygen atoms in total. The van der Waals surface area contributed by atoms with Gasteiger partial charge in [-0.05, 0) is 45.7 Å². The van der Waals surface area contributed by atoms with Gasteiger partial charge in [-0.15, -0.1) is 11.8 Å². The van der Waals surface area contributed by atoms with E-state index in [0.29, 0.717) is 12.3 Å². The number of nitrogens with zero attached hydrogens (tertiary/aromatic N) is 2. The molecule has 1 aromatic rings. The zero-order valence-electron chi connectivity index (χ0n) is 16.7. The number of ether oxygens (including phenoxy) is 1. The van der Waals surface area contributed by atoms with Crippen LogP contribution in [0.1, 0.15) is 33.6 Å². The summed E-state index contributed by atoms with van der Waals surface area (Å²) >= 11 is 1.40. The van der Waals surface area contributed by atoms with E-state index in [0.717, 1.165) is 36.5 Å². The fourth-order valence-electron chi connectivity index (χ4n) is 2.91. The number of carbonyl (C=O) groups is 2. The minimum absolute atomic E-state index is 0.0669. The molecule has 0 unspecified atom stereocenters. The summed E-state index contributed by atoms with van der Waals surface area (Å²) in [7, 11) is 0. The zero-order chi connectivity index (χ0) is 20.6. The maximum atomic E-state index is 12.4. The first kappa shape index (κ1) is 22.1. The molecule has 0 bridgehead atoms. The lowest BCUT2D eigenvalue weighted by molar-refractivity contribution is -0.117. The number of amides is 2. The molecule has 0 saturated carbocycles. The molecule has 0 atom stereocenters. The lowest BCUT2D eigenvalue weighted by Gasteiger charge is -2.32. The number of alkyl carbamates (subject to hydrolysis) is 1. The van der Waals surface area contributed by atoms with Crippen molar-refractivity contribution in [3.8, 4) is 6.07 Å². The van der Waals surface area contributed by atoms with Crippen LogP contribution in [0.15, 0.2) is 29.2 Å².